The Labute approximate surface area is 103 Å². The van der Waals surface area contributed by atoms with Crippen LogP contribution in [0, 0.1) is 11.8 Å². The Hall–Kier alpha value is -0.610. The fraction of sp³-hybridized carbons (Fsp3) is 0.923. The summed E-state index contributed by atoms with van der Waals surface area (Å²) < 4.78 is 5.36. The quantitative estimate of drug-likeness (QED) is 0.771. The van der Waals surface area contributed by atoms with Gasteiger partial charge >= 0.3 is 0 Å². The Morgan fingerprint density at radius 2 is 1.88 bits per heavy atom. The van der Waals surface area contributed by atoms with Crippen molar-refractivity contribution in [1.82, 2.24) is 10.6 Å². The van der Waals surface area contributed by atoms with E-state index in [4.69, 9.17) is 4.74 Å². The molecular weight excluding hydrogens is 216 g/mol. The number of likely N-dealkylation sites (N-methyl/N-ethyl adjacent to an activating group) is 1. The highest BCUT2D eigenvalue weighted by Gasteiger charge is 2.34. The molecule has 0 aromatic rings. The van der Waals surface area contributed by atoms with Gasteiger partial charge in [0.25, 0.3) is 0 Å². The number of ether oxygens (including phenoxy) is 1. The number of hydrogen-bond acceptors (Lipinski definition) is 3. The molecule has 4 heteroatoms. The second-order valence-electron chi connectivity index (χ2n) is 5.50. The highest BCUT2D eigenvalue weighted by atomic mass is 16.5. The Kier molecular flexibility index (Phi) is 4.40. The van der Waals surface area contributed by atoms with Crippen LogP contribution >= 0.6 is 0 Å². The molecule has 2 atom stereocenters. The maximum atomic E-state index is 12.1. The molecule has 2 aliphatic rings. The molecule has 1 aliphatic heterocycles. The predicted molar refractivity (Wildman–Crippen MR) is 66.7 cm³/mol. The van der Waals surface area contributed by atoms with Gasteiger partial charge in [0.2, 0.25) is 5.91 Å². The number of hydrogen-bond donors (Lipinski definition) is 2. The van der Waals surface area contributed by atoms with Crippen LogP contribution in [0.25, 0.3) is 0 Å². The minimum atomic E-state index is -0.0145. The van der Waals surface area contributed by atoms with Crippen molar-refractivity contribution >= 4 is 5.91 Å². The monoisotopic (exact) mass is 240 g/mol. The van der Waals surface area contributed by atoms with Gasteiger partial charge in [0.1, 0.15) is 0 Å². The van der Waals surface area contributed by atoms with Crippen molar-refractivity contribution in [2.24, 2.45) is 11.8 Å². The van der Waals surface area contributed by atoms with Crippen LogP contribution in [0.15, 0.2) is 0 Å². The second kappa shape index (κ2) is 5.83. The lowest BCUT2D eigenvalue weighted by atomic mass is 9.87. The Morgan fingerprint density at radius 3 is 2.53 bits per heavy atom. The molecule has 2 N–H and O–H groups in total. The molecule has 0 spiro atoms. The first kappa shape index (κ1) is 12.8. The largest absolute Gasteiger partial charge is 0.379 e. The van der Waals surface area contributed by atoms with E-state index in [1.54, 1.807) is 0 Å². The van der Waals surface area contributed by atoms with Crippen LogP contribution in [0.4, 0.5) is 0 Å². The van der Waals surface area contributed by atoms with E-state index in [2.05, 4.69) is 17.6 Å². The van der Waals surface area contributed by atoms with Gasteiger partial charge in [-0.2, -0.15) is 0 Å². The fourth-order valence-corrected chi connectivity index (χ4v) is 2.81. The molecule has 4 nitrogen and oxygen atoms in total. The molecule has 0 aromatic carbocycles. The molecule has 1 amide bonds. The molecular formula is C13H24N2O2. The Balaban J connectivity index is 1.80. The molecule has 1 heterocycles. The van der Waals surface area contributed by atoms with Crippen molar-refractivity contribution in [2.75, 3.05) is 20.3 Å². The number of nitrogens with one attached hydrogen (secondary N) is 2. The molecule has 2 unspecified atom stereocenters. The lowest BCUT2D eigenvalue weighted by molar-refractivity contribution is -0.126. The smallest absolute Gasteiger partial charge is 0.227 e. The van der Waals surface area contributed by atoms with Gasteiger partial charge in [-0.1, -0.05) is 6.92 Å². The summed E-state index contributed by atoms with van der Waals surface area (Å²) in [4.78, 5) is 12.1. The van der Waals surface area contributed by atoms with Crippen LogP contribution < -0.4 is 10.6 Å². The van der Waals surface area contributed by atoms with Crippen molar-refractivity contribution in [3.8, 4) is 0 Å². The number of carbonyl (C=O) groups is 1. The molecule has 17 heavy (non-hydrogen) atoms. The summed E-state index contributed by atoms with van der Waals surface area (Å²) in [6.45, 7) is 3.50. The second-order valence-corrected chi connectivity index (χ2v) is 5.50. The minimum Gasteiger partial charge on any atom is -0.379 e. The average Bonchev–Trinajstić information content (AvgIpc) is 2.80. The third kappa shape index (κ3) is 3.19. The van der Waals surface area contributed by atoms with Crippen LogP contribution in [-0.2, 0) is 9.53 Å². The third-order valence-corrected chi connectivity index (χ3v) is 4.15. The summed E-state index contributed by atoms with van der Waals surface area (Å²) in [6.07, 6.45) is 4.73. The van der Waals surface area contributed by atoms with E-state index in [1.807, 2.05) is 7.05 Å². The summed E-state index contributed by atoms with van der Waals surface area (Å²) in [6, 6.07) is 0.564. The fourth-order valence-electron chi connectivity index (χ4n) is 2.81. The first-order valence-electron chi connectivity index (χ1n) is 6.76. The van der Waals surface area contributed by atoms with Crippen molar-refractivity contribution in [3.63, 3.8) is 0 Å². The van der Waals surface area contributed by atoms with Crippen LogP contribution in [0.3, 0.4) is 0 Å². The number of carbonyl (C=O) groups excluding carboxylic acids is 1. The maximum absolute atomic E-state index is 12.1. The standard InChI is InChI=1S/C13H24N2O2/c1-9-3-5-10(6-4-9)15-13(16)11-7-17-8-12(11)14-2/h9-12,14H,3-8H2,1-2H3,(H,15,16). The van der Waals surface area contributed by atoms with Gasteiger partial charge in [-0.25, -0.2) is 0 Å². The summed E-state index contributed by atoms with van der Waals surface area (Å²) in [5, 5.41) is 6.34. The van der Waals surface area contributed by atoms with Crippen LogP contribution in [-0.4, -0.2) is 38.3 Å². The van der Waals surface area contributed by atoms with Crippen LogP contribution in [0.5, 0.6) is 0 Å². The Bertz CT molecular complexity index is 262. The first-order valence-corrected chi connectivity index (χ1v) is 6.76. The maximum Gasteiger partial charge on any atom is 0.227 e. The highest BCUT2D eigenvalue weighted by molar-refractivity contribution is 5.80. The van der Waals surface area contributed by atoms with Crippen LogP contribution in [0.2, 0.25) is 0 Å². The van der Waals surface area contributed by atoms with E-state index in [1.165, 1.54) is 12.8 Å². The van der Waals surface area contributed by atoms with E-state index < -0.39 is 0 Å². The zero-order chi connectivity index (χ0) is 12.3. The van der Waals surface area contributed by atoms with Crippen molar-refractivity contribution in [2.45, 2.75) is 44.7 Å². The lowest BCUT2D eigenvalue weighted by Gasteiger charge is -2.28. The number of rotatable bonds is 3. The zero-order valence-corrected chi connectivity index (χ0v) is 10.9. The van der Waals surface area contributed by atoms with Crippen LogP contribution in [0.1, 0.15) is 32.6 Å². The minimum absolute atomic E-state index is 0.0145. The number of amides is 1. The van der Waals surface area contributed by atoms with E-state index in [9.17, 15) is 4.79 Å². The van der Waals surface area contributed by atoms with Gasteiger partial charge in [-0.3, -0.25) is 4.79 Å². The van der Waals surface area contributed by atoms with E-state index >= 15 is 0 Å². The van der Waals surface area contributed by atoms with Gasteiger partial charge < -0.3 is 15.4 Å². The summed E-state index contributed by atoms with van der Waals surface area (Å²) in [5.74, 6) is 0.976. The summed E-state index contributed by atoms with van der Waals surface area (Å²) in [7, 11) is 1.89. The average molecular weight is 240 g/mol. The van der Waals surface area contributed by atoms with Crippen molar-refractivity contribution < 1.29 is 9.53 Å². The van der Waals surface area contributed by atoms with Gasteiger partial charge in [-0.15, -0.1) is 0 Å². The molecule has 2 fully saturated rings. The molecule has 0 aromatic heterocycles. The van der Waals surface area contributed by atoms with Crippen molar-refractivity contribution in [1.29, 1.82) is 0 Å². The molecule has 1 aliphatic carbocycles. The van der Waals surface area contributed by atoms with Gasteiger partial charge in [-0.05, 0) is 38.6 Å². The summed E-state index contributed by atoms with van der Waals surface area (Å²) in [5.41, 5.74) is 0. The van der Waals surface area contributed by atoms with E-state index in [0.29, 0.717) is 19.3 Å². The Morgan fingerprint density at radius 1 is 1.18 bits per heavy atom. The molecule has 1 saturated heterocycles. The van der Waals surface area contributed by atoms with Gasteiger partial charge in [0.15, 0.2) is 0 Å². The predicted octanol–water partition coefficient (Wildman–Crippen LogP) is 0.916. The van der Waals surface area contributed by atoms with Crippen molar-refractivity contribution in [3.05, 3.63) is 0 Å². The van der Waals surface area contributed by atoms with Gasteiger partial charge in [0.05, 0.1) is 19.1 Å². The lowest BCUT2D eigenvalue weighted by Crippen LogP contribution is -2.46. The van der Waals surface area contributed by atoms with E-state index in [0.717, 1.165) is 18.8 Å². The first-order chi connectivity index (χ1) is 8.20. The highest BCUT2D eigenvalue weighted by Crippen LogP contribution is 2.24. The zero-order valence-electron chi connectivity index (χ0n) is 10.9. The van der Waals surface area contributed by atoms with Gasteiger partial charge in [0, 0.05) is 12.1 Å². The molecule has 0 bridgehead atoms. The summed E-state index contributed by atoms with van der Waals surface area (Å²) >= 11 is 0. The molecule has 98 valence electrons. The topological polar surface area (TPSA) is 50.4 Å². The molecule has 0 radical (unpaired) electrons. The molecule has 1 saturated carbocycles. The SMILES string of the molecule is CNC1COCC1C(=O)NC1CCC(C)CC1. The third-order valence-electron chi connectivity index (χ3n) is 4.15. The van der Waals surface area contributed by atoms with E-state index in [-0.39, 0.29) is 17.9 Å². The molecule has 2 rings (SSSR count). The normalized spacial score (nSPS) is 38.0.